The number of aryl methyl sites for hydroxylation is 1. The van der Waals surface area contributed by atoms with Crippen molar-refractivity contribution in [2.45, 2.75) is 53.5 Å². The SMILES string of the molecule is Cc1cc([C@@H](C)Nc2ccccc2-c2onc(O)c2C)c2oc(N3CCC(C)(C)CC3)cc(=O)c2c1. The highest BCUT2D eigenvalue weighted by molar-refractivity contribution is 5.83. The van der Waals surface area contributed by atoms with E-state index in [-0.39, 0.29) is 17.4 Å². The number of hydrogen-bond donors (Lipinski definition) is 2. The number of hydrogen-bond acceptors (Lipinski definition) is 7. The quantitative estimate of drug-likeness (QED) is 0.329. The van der Waals surface area contributed by atoms with Crippen molar-refractivity contribution in [3.05, 3.63) is 69.4 Å². The lowest BCUT2D eigenvalue weighted by atomic mass is 9.83. The second-order valence-electron chi connectivity index (χ2n) is 10.7. The highest BCUT2D eigenvalue weighted by Gasteiger charge is 2.27. The second-order valence-corrected chi connectivity index (χ2v) is 10.7. The van der Waals surface area contributed by atoms with Gasteiger partial charge in [-0.1, -0.05) is 32.0 Å². The molecule has 1 aliphatic rings. The summed E-state index contributed by atoms with van der Waals surface area (Å²) in [5, 5.41) is 17.8. The van der Waals surface area contributed by atoms with Crippen LogP contribution in [0.4, 0.5) is 11.6 Å². The number of aromatic hydroxyl groups is 1. The van der Waals surface area contributed by atoms with Crippen molar-refractivity contribution in [1.82, 2.24) is 5.16 Å². The maximum atomic E-state index is 13.2. The van der Waals surface area contributed by atoms with Crippen LogP contribution in [0, 0.1) is 19.3 Å². The van der Waals surface area contributed by atoms with E-state index in [4.69, 9.17) is 8.94 Å². The number of aromatic nitrogens is 1. The Morgan fingerprint density at radius 1 is 1.11 bits per heavy atom. The summed E-state index contributed by atoms with van der Waals surface area (Å²) in [5.74, 6) is 1.03. The van der Waals surface area contributed by atoms with E-state index in [0.717, 1.165) is 48.3 Å². The van der Waals surface area contributed by atoms with Crippen LogP contribution in [-0.4, -0.2) is 23.4 Å². The maximum absolute atomic E-state index is 13.2. The van der Waals surface area contributed by atoms with Crippen LogP contribution >= 0.6 is 0 Å². The minimum atomic E-state index is -0.177. The van der Waals surface area contributed by atoms with E-state index < -0.39 is 0 Å². The molecule has 2 aromatic carbocycles. The normalized spacial score (nSPS) is 16.3. The van der Waals surface area contributed by atoms with Gasteiger partial charge in [-0.05, 0) is 67.9 Å². The molecular weight excluding hydrogens is 454 g/mol. The molecule has 7 heteroatoms. The molecule has 1 aliphatic heterocycles. The first-order valence-corrected chi connectivity index (χ1v) is 12.5. The van der Waals surface area contributed by atoms with Gasteiger partial charge in [0.05, 0.1) is 17.0 Å². The average Bonchev–Trinajstić information content (AvgIpc) is 3.17. The molecule has 1 saturated heterocycles. The van der Waals surface area contributed by atoms with Gasteiger partial charge in [0.1, 0.15) is 5.58 Å². The smallest absolute Gasteiger partial charge is 0.255 e. The molecular formula is C29H33N3O4. The Morgan fingerprint density at radius 2 is 1.83 bits per heavy atom. The zero-order valence-corrected chi connectivity index (χ0v) is 21.5. The van der Waals surface area contributed by atoms with E-state index in [1.807, 2.05) is 44.2 Å². The van der Waals surface area contributed by atoms with Crippen LogP contribution < -0.4 is 15.6 Å². The van der Waals surface area contributed by atoms with Crippen molar-refractivity contribution in [3.63, 3.8) is 0 Å². The Kier molecular flexibility index (Phi) is 6.02. The number of para-hydroxylation sites is 1. The van der Waals surface area contributed by atoms with Gasteiger partial charge in [-0.2, -0.15) is 0 Å². The number of benzene rings is 2. The third-order valence-electron chi connectivity index (χ3n) is 7.33. The molecule has 0 saturated carbocycles. The topological polar surface area (TPSA) is 91.7 Å². The first-order valence-electron chi connectivity index (χ1n) is 12.5. The Labute approximate surface area is 210 Å². The van der Waals surface area contributed by atoms with Crippen molar-refractivity contribution < 1.29 is 14.0 Å². The monoisotopic (exact) mass is 487 g/mol. The number of fused-ring (bicyclic) bond motifs is 1. The predicted molar refractivity (Wildman–Crippen MR) is 143 cm³/mol. The standard InChI is InChI=1S/C29H33N3O4/c1-17-14-21(19(3)30-23-9-7-6-8-20(23)26-18(2)28(34)31-36-26)27-22(15-17)24(33)16-25(35-27)32-12-10-29(4,5)11-13-32/h6-9,14-16,19,30H,10-13H2,1-5H3,(H,31,34)/t19-/m1/s1. The van der Waals surface area contributed by atoms with Crippen LogP contribution in [0.1, 0.15) is 56.3 Å². The molecule has 0 bridgehead atoms. The van der Waals surface area contributed by atoms with Crippen molar-refractivity contribution in [3.8, 4) is 17.2 Å². The van der Waals surface area contributed by atoms with Crippen LogP contribution in [0.5, 0.6) is 5.88 Å². The van der Waals surface area contributed by atoms with Gasteiger partial charge in [-0.15, -0.1) is 0 Å². The number of rotatable bonds is 5. The lowest BCUT2D eigenvalue weighted by Gasteiger charge is -2.37. The maximum Gasteiger partial charge on any atom is 0.255 e. The molecule has 3 heterocycles. The molecule has 0 unspecified atom stereocenters. The summed E-state index contributed by atoms with van der Waals surface area (Å²) in [4.78, 5) is 15.4. The third kappa shape index (κ3) is 4.45. The summed E-state index contributed by atoms with van der Waals surface area (Å²) in [6.45, 7) is 12.1. The van der Waals surface area contributed by atoms with Crippen LogP contribution in [0.25, 0.3) is 22.3 Å². The largest absolute Gasteiger partial charge is 0.491 e. The van der Waals surface area contributed by atoms with Crippen LogP contribution in [0.15, 0.2) is 56.2 Å². The van der Waals surface area contributed by atoms with Crippen molar-refractivity contribution in [2.24, 2.45) is 5.41 Å². The Morgan fingerprint density at radius 3 is 2.53 bits per heavy atom. The minimum Gasteiger partial charge on any atom is -0.491 e. The Bertz CT molecular complexity index is 1470. The lowest BCUT2D eigenvalue weighted by molar-refractivity contribution is 0.274. The number of nitrogens with one attached hydrogen (secondary N) is 1. The van der Waals surface area contributed by atoms with E-state index in [1.165, 1.54) is 0 Å². The van der Waals surface area contributed by atoms with Crippen LogP contribution in [-0.2, 0) is 0 Å². The van der Waals surface area contributed by atoms with E-state index in [1.54, 1.807) is 13.0 Å². The summed E-state index contributed by atoms with van der Waals surface area (Å²) in [7, 11) is 0. The predicted octanol–water partition coefficient (Wildman–Crippen LogP) is 6.57. The van der Waals surface area contributed by atoms with E-state index in [0.29, 0.717) is 33.6 Å². The summed E-state index contributed by atoms with van der Waals surface area (Å²) in [5.41, 5.74) is 5.00. The van der Waals surface area contributed by atoms with Crippen molar-refractivity contribution >= 4 is 22.5 Å². The molecule has 0 radical (unpaired) electrons. The lowest BCUT2D eigenvalue weighted by Crippen LogP contribution is -2.37. The molecule has 36 heavy (non-hydrogen) atoms. The van der Waals surface area contributed by atoms with Crippen LogP contribution in [0.2, 0.25) is 0 Å². The highest BCUT2D eigenvalue weighted by Crippen LogP contribution is 2.37. The van der Waals surface area contributed by atoms with Gasteiger partial charge in [0, 0.05) is 36.0 Å². The Hall–Kier alpha value is -3.74. The molecule has 5 rings (SSSR count). The van der Waals surface area contributed by atoms with Gasteiger partial charge in [0.15, 0.2) is 17.1 Å². The fourth-order valence-electron chi connectivity index (χ4n) is 4.93. The van der Waals surface area contributed by atoms with Crippen LogP contribution in [0.3, 0.4) is 0 Å². The fourth-order valence-corrected chi connectivity index (χ4v) is 4.93. The zero-order valence-electron chi connectivity index (χ0n) is 21.5. The first-order chi connectivity index (χ1) is 17.1. The first kappa shape index (κ1) is 24.0. The summed E-state index contributed by atoms with van der Waals surface area (Å²) >= 11 is 0. The van der Waals surface area contributed by atoms with Crippen molar-refractivity contribution in [1.29, 1.82) is 0 Å². The molecule has 1 fully saturated rings. The highest BCUT2D eigenvalue weighted by atomic mass is 16.5. The van der Waals surface area contributed by atoms with E-state index in [2.05, 4.69) is 35.3 Å². The molecule has 0 aliphatic carbocycles. The summed E-state index contributed by atoms with van der Waals surface area (Å²) < 4.78 is 11.9. The number of piperidine rings is 1. The number of anilines is 2. The molecule has 1 atom stereocenters. The average molecular weight is 488 g/mol. The molecule has 0 spiro atoms. The number of nitrogens with zero attached hydrogens (tertiary/aromatic N) is 2. The molecule has 188 valence electrons. The zero-order chi connectivity index (χ0) is 25.6. The van der Waals surface area contributed by atoms with Gasteiger partial charge in [0.2, 0.25) is 0 Å². The fraction of sp³-hybridized carbons (Fsp3) is 0.379. The third-order valence-corrected chi connectivity index (χ3v) is 7.33. The van der Waals surface area contributed by atoms with E-state index >= 15 is 0 Å². The molecule has 2 N–H and O–H groups in total. The minimum absolute atomic E-state index is 0.0265. The molecule has 4 aromatic rings. The summed E-state index contributed by atoms with van der Waals surface area (Å²) in [6, 6.07) is 13.2. The van der Waals surface area contributed by atoms with Gasteiger partial charge in [-0.3, -0.25) is 4.79 Å². The molecule has 0 amide bonds. The molecule has 7 nitrogen and oxygen atoms in total. The van der Waals surface area contributed by atoms with E-state index in [9.17, 15) is 9.90 Å². The van der Waals surface area contributed by atoms with Gasteiger partial charge in [-0.25, -0.2) is 0 Å². The summed E-state index contributed by atoms with van der Waals surface area (Å²) in [6.07, 6.45) is 2.11. The van der Waals surface area contributed by atoms with Gasteiger partial charge >= 0.3 is 0 Å². The Balaban J connectivity index is 1.54. The van der Waals surface area contributed by atoms with Gasteiger partial charge in [0.25, 0.3) is 5.88 Å². The van der Waals surface area contributed by atoms with Gasteiger partial charge < -0.3 is 24.3 Å². The second kappa shape index (κ2) is 9.04. The molecule has 2 aromatic heterocycles. The van der Waals surface area contributed by atoms with Crippen molar-refractivity contribution in [2.75, 3.05) is 23.3 Å².